The summed E-state index contributed by atoms with van der Waals surface area (Å²) in [6, 6.07) is 12.5. The number of primary amides is 1. The molecule has 2 amide bonds. The van der Waals surface area contributed by atoms with Crippen molar-refractivity contribution in [3.63, 3.8) is 0 Å². The van der Waals surface area contributed by atoms with E-state index in [1.165, 1.54) is 23.1 Å². The fourth-order valence-corrected chi connectivity index (χ4v) is 2.21. The summed E-state index contributed by atoms with van der Waals surface area (Å²) in [6.45, 7) is -0.0615. The SMILES string of the molecule is CN(Cc1cccc([N+](=O)[O-])c1)C(=O)c1cccc(OCC(N)=O)c1. The first-order chi connectivity index (χ1) is 11.9. The van der Waals surface area contributed by atoms with Crippen molar-refractivity contribution < 1.29 is 19.2 Å². The number of benzene rings is 2. The van der Waals surface area contributed by atoms with Crippen LogP contribution in [0.5, 0.6) is 5.75 Å². The molecular formula is C17H17N3O5. The number of amides is 2. The van der Waals surface area contributed by atoms with Gasteiger partial charge >= 0.3 is 0 Å². The van der Waals surface area contributed by atoms with E-state index < -0.39 is 10.8 Å². The van der Waals surface area contributed by atoms with Crippen LogP contribution < -0.4 is 10.5 Å². The van der Waals surface area contributed by atoms with Gasteiger partial charge in [-0.2, -0.15) is 0 Å². The van der Waals surface area contributed by atoms with Gasteiger partial charge in [-0.15, -0.1) is 0 Å². The van der Waals surface area contributed by atoms with Gasteiger partial charge in [0.05, 0.1) is 4.92 Å². The van der Waals surface area contributed by atoms with Crippen LogP contribution in [0.1, 0.15) is 15.9 Å². The average Bonchev–Trinajstić information content (AvgIpc) is 2.59. The van der Waals surface area contributed by atoms with Crippen LogP contribution in [-0.2, 0) is 11.3 Å². The smallest absolute Gasteiger partial charge is 0.269 e. The predicted octanol–water partition coefficient (Wildman–Crippen LogP) is 1.73. The van der Waals surface area contributed by atoms with Gasteiger partial charge in [0.15, 0.2) is 6.61 Å². The molecule has 0 fully saturated rings. The van der Waals surface area contributed by atoms with Gasteiger partial charge in [-0.1, -0.05) is 18.2 Å². The molecule has 8 heteroatoms. The van der Waals surface area contributed by atoms with Gasteiger partial charge < -0.3 is 15.4 Å². The van der Waals surface area contributed by atoms with E-state index in [0.29, 0.717) is 16.9 Å². The lowest BCUT2D eigenvalue weighted by Gasteiger charge is -2.17. The lowest BCUT2D eigenvalue weighted by molar-refractivity contribution is -0.384. The Morgan fingerprint density at radius 3 is 2.60 bits per heavy atom. The topological polar surface area (TPSA) is 116 Å². The van der Waals surface area contributed by atoms with Crippen LogP contribution in [-0.4, -0.2) is 35.3 Å². The highest BCUT2D eigenvalue weighted by molar-refractivity contribution is 5.94. The Bertz CT molecular complexity index is 806. The monoisotopic (exact) mass is 343 g/mol. The Morgan fingerprint density at radius 2 is 1.92 bits per heavy atom. The van der Waals surface area contributed by atoms with Gasteiger partial charge in [-0.25, -0.2) is 0 Å². The quantitative estimate of drug-likeness (QED) is 0.607. The van der Waals surface area contributed by atoms with Gasteiger partial charge in [0, 0.05) is 31.3 Å². The minimum absolute atomic E-state index is 0.0276. The van der Waals surface area contributed by atoms with Crippen LogP contribution in [0.25, 0.3) is 0 Å². The molecule has 0 atom stereocenters. The molecule has 0 aliphatic heterocycles. The van der Waals surface area contributed by atoms with Gasteiger partial charge in [0.25, 0.3) is 17.5 Å². The standard InChI is InChI=1S/C17H17N3O5/c1-19(10-12-4-2-6-14(8-12)20(23)24)17(22)13-5-3-7-15(9-13)25-11-16(18)21/h2-9H,10-11H2,1H3,(H2,18,21). The second-order valence-corrected chi connectivity index (χ2v) is 5.37. The fourth-order valence-electron chi connectivity index (χ4n) is 2.21. The van der Waals surface area contributed by atoms with Crippen LogP contribution >= 0.6 is 0 Å². The molecule has 25 heavy (non-hydrogen) atoms. The van der Waals surface area contributed by atoms with Crippen molar-refractivity contribution in [2.45, 2.75) is 6.54 Å². The molecule has 2 N–H and O–H groups in total. The highest BCUT2D eigenvalue weighted by atomic mass is 16.6. The number of non-ortho nitro benzene ring substituents is 1. The van der Waals surface area contributed by atoms with E-state index in [9.17, 15) is 19.7 Å². The van der Waals surface area contributed by atoms with Crippen LogP contribution in [0, 0.1) is 10.1 Å². The first kappa shape index (κ1) is 17.9. The number of hydrogen-bond donors (Lipinski definition) is 1. The molecule has 0 aliphatic carbocycles. The van der Waals surface area contributed by atoms with Gasteiger partial charge in [0.1, 0.15) is 5.75 Å². The summed E-state index contributed by atoms with van der Waals surface area (Å²) in [5, 5.41) is 10.8. The number of nitro groups is 1. The summed E-state index contributed by atoms with van der Waals surface area (Å²) in [4.78, 5) is 35.0. The number of nitrogens with zero attached hydrogens (tertiary/aromatic N) is 2. The van der Waals surface area contributed by atoms with Gasteiger partial charge in [0.2, 0.25) is 0 Å². The average molecular weight is 343 g/mol. The molecule has 2 aromatic rings. The Kier molecular flexibility index (Phi) is 5.67. The molecule has 2 aromatic carbocycles. The Hall–Kier alpha value is -3.42. The Labute approximate surface area is 144 Å². The molecule has 0 aromatic heterocycles. The lowest BCUT2D eigenvalue weighted by atomic mass is 10.1. The van der Waals surface area contributed by atoms with E-state index in [4.69, 9.17) is 10.5 Å². The van der Waals surface area contributed by atoms with Crippen LogP contribution in [0.4, 0.5) is 5.69 Å². The summed E-state index contributed by atoms with van der Waals surface area (Å²) in [6.07, 6.45) is 0. The summed E-state index contributed by atoms with van der Waals surface area (Å²) >= 11 is 0. The Balaban J connectivity index is 2.09. The summed E-state index contributed by atoms with van der Waals surface area (Å²) in [7, 11) is 1.60. The molecule has 0 radical (unpaired) electrons. The maximum Gasteiger partial charge on any atom is 0.269 e. The van der Waals surface area contributed by atoms with Crippen molar-refractivity contribution in [2.24, 2.45) is 5.73 Å². The zero-order valence-corrected chi connectivity index (χ0v) is 13.5. The summed E-state index contributed by atoms with van der Waals surface area (Å²) in [5.74, 6) is -0.538. The number of nitrogens with two attached hydrogens (primary N) is 1. The van der Waals surface area contributed by atoms with Crippen molar-refractivity contribution in [3.8, 4) is 5.75 Å². The second kappa shape index (κ2) is 7.91. The van der Waals surface area contributed by atoms with Crippen molar-refractivity contribution >= 4 is 17.5 Å². The molecular weight excluding hydrogens is 326 g/mol. The lowest BCUT2D eigenvalue weighted by Crippen LogP contribution is -2.26. The molecule has 0 saturated carbocycles. The summed E-state index contributed by atoms with van der Waals surface area (Å²) in [5.41, 5.74) is 6.01. The zero-order chi connectivity index (χ0) is 18.4. The molecule has 130 valence electrons. The minimum Gasteiger partial charge on any atom is -0.484 e. The van der Waals surface area contributed by atoms with Crippen molar-refractivity contribution in [1.82, 2.24) is 4.90 Å². The maximum atomic E-state index is 12.5. The van der Waals surface area contributed by atoms with Crippen LogP contribution in [0.15, 0.2) is 48.5 Å². The predicted molar refractivity (Wildman–Crippen MR) is 90.0 cm³/mol. The van der Waals surface area contributed by atoms with E-state index in [1.54, 1.807) is 37.4 Å². The zero-order valence-electron chi connectivity index (χ0n) is 13.5. The molecule has 0 saturated heterocycles. The third kappa shape index (κ3) is 5.03. The van der Waals surface area contributed by atoms with Crippen molar-refractivity contribution in [2.75, 3.05) is 13.7 Å². The van der Waals surface area contributed by atoms with Crippen molar-refractivity contribution in [1.29, 1.82) is 0 Å². The van der Waals surface area contributed by atoms with Gasteiger partial charge in [-0.3, -0.25) is 19.7 Å². The van der Waals surface area contributed by atoms with E-state index in [2.05, 4.69) is 0 Å². The van der Waals surface area contributed by atoms with E-state index in [-0.39, 0.29) is 24.7 Å². The van der Waals surface area contributed by atoms with Crippen molar-refractivity contribution in [3.05, 3.63) is 69.8 Å². The number of rotatable bonds is 7. The maximum absolute atomic E-state index is 12.5. The number of carbonyl (C=O) groups excluding carboxylic acids is 2. The molecule has 0 spiro atoms. The van der Waals surface area contributed by atoms with Crippen LogP contribution in [0.3, 0.4) is 0 Å². The highest BCUT2D eigenvalue weighted by Crippen LogP contribution is 2.17. The van der Waals surface area contributed by atoms with E-state index in [0.717, 1.165) is 0 Å². The minimum atomic E-state index is -0.612. The third-order valence-electron chi connectivity index (χ3n) is 3.35. The number of carbonyl (C=O) groups is 2. The Morgan fingerprint density at radius 1 is 1.20 bits per heavy atom. The number of nitro benzene ring substituents is 1. The van der Waals surface area contributed by atoms with Gasteiger partial charge in [-0.05, 0) is 23.8 Å². The third-order valence-corrected chi connectivity index (χ3v) is 3.35. The summed E-state index contributed by atoms with van der Waals surface area (Å²) < 4.78 is 5.18. The second-order valence-electron chi connectivity index (χ2n) is 5.37. The molecule has 2 rings (SSSR count). The van der Waals surface area contributed by atoms with E-state index in [1.807, 2.05) is 0 Å². The molecule has 0 unspecified atom stereocenters. The number of ether oxygens (including phenoxy) is 1. The normalized spacial score (nSPS) is 10.1. The molecule has 8 nitrogen and oxygen atoms in total. The van der Waals surface area contributed by atoms with Crippen LogP contribution in [0.2, 0.25) is 0 Å². The first-order valence-electron chi connectivity index (χ1n) is 7.37. The fraction of sp³-hybridized carbons (Fsp3) is 0.176. The highest BCUT2D eigenvalue weighted by Gasteiger charge is 2.14. The first-order valence-corrected chi connectivity index (χ1v) is 7.37. The molecule has 0 heterocycles. The largest absolute Gasteiger partial charge is 0.484 e. The number of hydrogen-bond acceptors (Lipinski definition) is 5. The molecule has 0 aliphatic rings. The molecule has 0 bridgehead atoms. The van der Waals surface area contributed by atoms with E-state index >= 15 is 0 Å².